The zero-order valence-corrected chi connectivity index (χ0v) is 12.0. The molecule has 0 bridgehead atoms. The summed E-state index contributed by atoms with van der Waals surface area (Å²) in [5, 5.41) is 5.75. The number of amides is 2. The van der Waals surface area contributed by atoms with E-state index in [2.05, 4.69) is 15.5 Å². The molecule has 2 heterocycles. The summed E-state index contributed by atoms with van der Waals surface area (Å²) in [4.78, 5) is 14.1. The van der Waals surface area contributed by atoms with Crippen LogP contribution in [0.5, 0.6) is 0 Å². The average molecular weight is 291 g/mol. The van der Waals surface area contributed by atoms with Crippen LogP contribution >= 0.6 is 0 Å². The lowest BCUT2D eigenvalue weighted by Gasteiger charge is -2.28. The van der Waals surface area contributed by atoms with Gasteiger partial charge in [0.2, 0.25) is 0 Å². The molecular formula is C15H21N3O3. The number of carbonyl (C=O) groups is 1. The minimum atomic E-state index is -0.176. The first-order valence-electron chi connectivity index (χ1n) is 7.39. The van der Waals surface area contributed by atoms with Crippen LogP contribution in [0.15, 0.2) is 24.3 Å². The van der Waals surface area contributed by atoms with Gasteiger partial charge in [-0.1, -0.05) is 0 Å². The van der Waals surface area contributed by atoms with Gasteiger partial charge in [-0.2, -0.15) is 0 Å². The predicted molar refractivity (Wildman–Crippen MR) is 80.9 cm³/mol. The predicted octanol–water partition coefficient (Wildman–Crippen LogP) is 1.43. The molecule has 21 heavy (non-hydrogen) atoms. The van der Waals surface area contributed by atoms with E-state index in [1.54, 1.807) is 0 Å². The Morgan fingerprint density at radius 3 is 2.52 bits per heavy atom. The molecule has 3 rings (SSSR count). The highest BCUT2D eigenvalue weighted by Crippen LogP contribution is 2.19. The van der Waals surface area contributed by atoms with E-state index in [4.69, 9.17) is 9.47 Å². The van der Waals surface area contributed by atoms with Crippen molar-refractivity contribution in [2.45, 2.75) is 12.5 Å². The molecule has 2 aliphatic heterocycles. The highest BCUT2D eigenvalue weighted by Gasteiger charge is 2.17. The van der Waals surface area contributed by atoms with Gasteiger partial charge >= 0.3 is 6.03 Å². The Balaban J connectivity index is 1.52. The van der Waals surface area contributed by atoms with Gasteiger partial charge in [-0.15, -0.1) is 0 Å². The summed E-state index contributed by atoms with van der Waals surface area (Å²) >= 11 is 0. The topological polar surface area (TPSA) is 62.8 Å². The van der Waals surface area contributed by atoms with Crippen molar-refractivity contribution in [2.75, 3.05) is 49.7 Å². The van der Waals surface area contributed by atoms with Gasteiger partial charge in [-0.25, -0.2) is 4.79 Å². The molecule has 0 aromatic heterocycles. The summed E-state index contributed by atoms with van der Waals surface area (Å²) in [6.45, 7) is 4.68. The van der Waals surface area contributed by atoms with Crippen molar-refractivity contribution < 1.29 is 14.3 Å². The van der Waals surface area contributed by atoms with Crippen molar-refractivity contribution in [2.24, 2.45) is 0 Å². The first kappa shape index (κ1) is 14.2. The van der Waals surface area contributed by atoms with Gasteiger partial charge < -0.3 is 25.0 Å². The number of rotatable bonds is 3. The molecule has 0 radical (unpaired) electrons. The lowest BCUT2D eigenvalue weighted by molar-refractivity contribution is 0.122. The van der Waals surface area contributed by atoms with E-state index in [1.165, 1.54) is 0 Å². The number of ether oxygens (including phenoxy) is 2. The minimum absolute atomic E-state index is 0.123. The molecule has 0 aliphatic carbocycles. The Hall–Kier alpha value is -1.79. The van der Waals surface area contributed by atoms with Gasteiger partial charge in [0.15, 0.2) is 0 Å². The van der Waals surface area contributed by atoms with Gasteiger partial charge in [0.1, 0.15) is 0 Å². The second-order valence-electron chi connectivity index (χ2n) is 5.31. The fourth-order valence-corrected chi connectivity index (χ4v) is 2.58. The van der Waals surface area contributed by atoms with Gasteiger partial charge in [-0.3, -0.25) is 0 Å². The van der Waals surface area contributed by atoms with E-state index >= 15 is 0 Å². The van der Waals surface area contributed by atoms with Crippen molar-refractivity contribution in [3.05, 3.63) is 24.3 Å². The van der Waals surface area contributed by atoms with Crippen molar-refractivity contribution in [3.8, 4) is 0 Å². The number of hydrogen-bond donors (Lipinski definition) is 2. The van der Waals surface area contributed by atoms with Gasteiger partial charge in [-0.05, 0) is 30.7 Å². The second kappa shape index (κ2) is 6.78. The van der Waals surface area contributed by atoms with Crippen molar-refractivity contribution >= 4 is 17.4 Å². The molecule has 0 saturated carbocycles. The molecule has 6 heteroatoms. The lowest BCUT2D eigenvalue weighted by Crippen LogP contribution is -2.38. The molecule has 114 valence electrons. The van der Waals surface area contributed by atoms with Crippen LogP contribution in [0.3, 0.4) is 0 Å². The number of carbonyl (C=O) groups excluding carboxylic acids is 1. The molecule has 2 aliphatic rings. The Morgan fingerprint density at radius 2 is 1.86 bits per heavy atom. The highest BCUT2D eigenvalue weighted by molar-refractivity contribution is 5.89. The van der Waals surface area contributed by atoms with Crippen LogP contribution in [0.25, 0.3) is 0 Å². The maximum atomic E-state index is 11.9. The third-order valence-corrected chi connectivity index (χ3v) is 3.77. The molecule has 1 aromatic carbocycles. The molecule has 2 N–H and O–H groups in total. The Kier molecular flexibility index (Phi) is 4.57. The maximum absolute atomic E-state index is 11.9. The molecule has 1 aromatic rings. The van der Waals surface area contributed by atoms with Crippen LogP contribution < -0.4 is 15.5 Å². The molecule has 2 fully saturated rings. The Bertz CT molecular complexity index is 466. The van der Waals surface area contributed by atoms with Crippen molar-refractivity contribution in [1.29, 1.82) is 0 Å². The maximum Gasteiger partial charge on any atom is 0.319 e. The third-order valence-electron chi connectivity index (χ3n) is 3.77. The molecule has 0 spiro atoms. The van der Waals surface area contributed by atoms with Crippen LogP contribution in [0.1, 0.15) is 6.42 Å². The highest BCUT2D eigenvalue weighted by atomic mass is 16.5. The van der Waals surface area contributed by atoms with E-state index in [9.17, 15) is 4.79 Å². The molecule has 2 amide bonds. The molecule has 1 unspecified atom stereocenters. The van der Waals surface area contributed by atoms with Crippen LogP contribution in [0.4, 0.5) is 16.2 Å². The smallest absolute Gasteiger partial charge is 0.319 e. The summed E-state index contributed by atoms with van der Waals surface area (Å²) in [7, 11) is 0. The first-order valence-corrected chi connectivity index (χ1v) is 7.39. The van der Waals surface area contributed by atoms with Crippen molar-refractivity contribution in [1.82, 2.24) is 5.32 Å². The van der Waals surface area contributed by atoms with E-state index in [0.29, 0.717) is 6.61 Å². The minimum Gasteiger partial charge on any atom is -0.379 e. The number of morpholine rings is 1. The van der Waals surface area contributed by atoms with Crippen LogP contribution in [-0.4, -0.2) is 51.6 Å². The number of nitrogens with one attached hydrogen (secondary N) is 2. The molecule has 2 saturated heterocycles. The molecule has 6 nitrogen and oxygen atoms in total. The normalized spacial score (nSPS) is 22.1. The monoisotopic (exact) mass is 291 g/mol. The van der Waals surface area contributed by atoms with Gasteiger partial charge in [0.05, 0.1) is 25.9 Å². The quantitative estimate of drug-likeness (QED) is 0.884. The number of benzene rings is 1. The van der Waals surface area contributed by atoms with E-state index < -0.39 is 0 Å². The number of hydrogen-bond acceptors (Lipinski definition) is 4. The fourth-order valence-electron chi connectivity index (χ4n) is 2.58. The largest absolute Gasteiger partial charge is 0.379 e. The van der Waals surface area contributed by atoms with Crippen LogP contribution in [0.2, 0.25) is 0 Å². The van der Waals surface area contributed by atoms with E-state index in [0.717, 1.165) is 50.7 Å². The zero-order valence-electron chi connectivity index (χ0n) is 12.0. The van der Waals surface area contributed by atoms with Gasteiger partial charge in [0, 0.05) is 31.1 Å². The van der Waals surface area contributed by atoms with E-state index in [-0.39, 0.29) is 12.1 Å². The Labute approximate surface area is 124 Å². The number of nitrogens with zero attached hydrogens (tertiary/aromatic N) is 1. The molecule has 1 atom stereocenters. The van der Waals surface area contributed by atoms with Crippen molar-refractivity contribution in [3.63, 3.8) is 0 Å². The summed E-state index contributed by atoms with van der Waals surface area (Å²) < 4.78 is 10.6. The second-order valence-corrected chi connectivity index (χ2v) is 5.31. The summed E-state index contributed by atoms with van der Waals surface area (Å²) in [6, 6.07) is 7.85. The average Bonchev–Trinajstić information content (AvgIpc) is 3.02. The number of anilines is 2. The third kappa shape index (κ3) is 3.86. The van der Waals surface area contributed by atoms with Gasteiger partial charge in [0.25, 0.3) is 0 Å². The zero-order chi connectivity index (χ0) is 14.5. The first-order chi connectivity index (χ1) is 10.3. The fraction of sp³-hybridized carbons (Fsp3) is 0.533. The summed E-state index contributed by atoms with van der Waals surface area (Å²) in [6.07, 6.45) is 0.878. The Morgan fingerprint density at radius 1 is 1.10 bits per heavy atom. The van der Waals surface area contributed by atoms with Crippen LogP contribution in [0, 0.1) is 0 Å². The number of urea groups is 1. The summed E-state index contributed by atoms with van der Waals surface area (Å²) in [5.41, 5.74) is 1.96. The molecular weight excluding hydrogens is 270 g/mol. The standard InChI is InChI=1S/C15H21N3O3/c19-15(17-13-5-8-21-11-13)16-12-1-3-14(4-2-12)18-6-9-20-10-7-18/h1-4,13H,5-11H2,(H2,16,17,19). The van der Waals surface area contributed by atoms with Crippen LogP contribution in [-0.2, 0) is 9.47 Å². The van der Waals surface area contributed by atoms with E-state index in [1.807, 2.05) is 24.3 Å². The lowest BCUT2D eigenvalue weighted by atomic mass is 10.2. The SMILES string of the molecule is O=C(Nc1ccc(N2CCOCC2)cc1)NC1CCOC1. The summed E-state index contributed by atoms with van der Waals surface area (Å²) in [5.74, 6) is 0.